The lowest BCUT2D eigenvalue weighted by molar-refractivity contribution is -0.120. The minimum atomic E-state index is -3.91. The van der Waals surface area contributed by atoms with Gasteiger partial charge in [-0.3, -0.25) is 9.59 Å². The minimum Gasteiger partial charge on any atom is -0.496 e. The Morgan fingerprint density at radius 1 is 1.28 bits per heavy atom. The molecule has 1 aromatic carbocycles. The smallest absolute Gasteiger partial charge is 0.252 e. The molecular formula is C19H22N4O5S. The molecule has 154 valence electrons. The third kappa shape index (κ3) is 4.54. The van der Waals surface area contributed by atoms with Gasteiger partial charge >= 0.3 is 0 Å². The molecule has 1 saturated heterocycles. The van der Waals surface area contributed by atoms with Crippen molar-refractivity contribution in [2.45, 2.75) is 17.7 Å². The highest BCUT2D eigenvalue weighted by Gasteiger charge is 2.34. The number of primary amides is 1. The maximum Gasteiger partial charge on any atom is 0.252 e. The Hall–Kier alpha value is -2.98. The Labute approximate surface area is 168 Å². The first kappa shape index (κ1) is 20.7. The number of anilines is 1. The molecule has 0 radical (unpaired) electrons. The van der Waals surface area contributed by atoms with E-state index in [1.165, 1.54) is 29.6 Å². The summed E-state index contributed by atoms with van der Waals surface area (Å²) in [7, 11) is -2.54. The van der Waals surface area contributed by atoms with Crippen molar-refractivity contribution in [2.75, 3.05) is 25.5 Å². The number of aromatic nitrogens is 1. The second kappa shape index (κ2) is 8.58. The molecule has 10 heteroatoms. The Kier molecular flexibility index (Phi) is 6.14. The van der Waals surface area contributed by atoms with Crippen molar-refractivity contribution >= 4 is 27.7 Å². The van der Waals surface area contributed by atoms with Crippen LogP contribution < -0.4 is 15.8 Å². The molecule has 0 saturated carbocycles. The highest BCUT2D eigenvalue weighted by molar-refractivity contribution is 7.89. The average molecular weight is 418 g/mol. The maximum absolute atomic E-state index is 13.1. The van der Waals surface area contributed by atoms with E-state index in [2.05, 4.69) is 10.3 Å². The number of nitrogens with zero attached hydrogens (tertiary/aromatic N) is 2. The summed E-state index contributed by atoms with van der Waals surface area (Å²) in [6, 6.07) is 9.10. The first-order valence-electron chi connectivity index (χ1n) is 9.03. The minimum absolute atomic E-state index is 0.0185. The second-order valence-corrected chi connectivity index (χ2v) is 8.57. The standard InChI is InChI=1S/C19H22N4O5S/c1-28-16-8-7-14(11-15(16)18(20)24)29(26,27)23-10-4-5-13(12-23)19(25)22-17-6-2-3-9-21-17/h2-3,6-9,11,13H,4-5,10,12H2,1H3,(H2,20,24)(H,21,22,25)/t13-/m1/s1. The summed E-state index contributed by atoms with van der Waals surface area (Å²) in [4.78, 5) is 28.2. The van der Waals surface area contributed by atoms with Crippen molar-refractivity contribution in [1.29, 1.82) is 0 Å². The summed E-state index contributed by atoms with van der Waals surface area (Å²) in [6.45, 7) is 0.326. The number of carbonyl (C=O) groups is 2. The average Bonchev–Trinajstić information content (AvgIpc) is 2.74. The van der Waals surface area contributed by atoms with Crippen molar-refractivity contribution < 1.29 is 22.7 Å². The van der Waals surface area contributed by atoms with Crippen molar-refractivity contribution in [2.24, 2.45) is 11.7 Å². The monoisotopic (exact) mass is 418 g/mol. The van der Waals surface area contributed by atoms with Crippen molar-refractivity contribution in [3.63, 3.8) is 0 Å². The van der Waals surface area contributed by atoms with Gasteiger partial charge in [0.1, 0.15) is 11.6 Å². The van der Waals surface area contributed by atoms with E-state index in [1.807, 2.05) is 0 Å². The fourth-order valence-electron chi connectivity index (χ4n) is 3.23. The lowest BCUT2D eigenvalue weighted by Gasteiger charge is -2.31. The van der Waals surface area contributed by atoms with Gasteiger partial charge in [-0.1, -0.05) is 6.07 Å². The number of methoxy groups -OCH3 is 1. The van der Waals surface area contributed by atoms with E-state index in [-0.39, 0.29) is 35.2 Å². The number of ether oxygens (including phenoxy) is 1. The van der Waals surface area contributed by atoms with E-state index in [4.69, 9.17) is 10.5 Å². The van der Waals surface area contributed by atoms with Crippen LogP contribution in [0.1, 0.15) is 23.2 Å². The summed E-state index contributed by atoms with van der Waals surface area (Å²) in [5.41, 5.74) is 5.31. The van der Waals surface area contributed by atoms with Gasteiger partial charge in [-0.25, -0.2) is 13.4 Å². The number of sulfonamides is 1. The van der Waals surface area contributed by atoms with E-state index >= 15 is 0 Å². The van der Waals surface area contributed by atoms with Crippen LogP contribution in [0.25, 0.3) is 0 Å². The lowest BCUT2D eigenvalue weighted by atomic mass is 9.99. The molecule has 2 heterocycles. The highest BCUT2D eigenvalue weighted by Crippen LogP contribution is 2.28. The fraction of sp³-hybridized carbons (Fsp3) is 0.316. The zero-order chi connectivity index (χ0) is 21.0. The van der Waals surface area contributed by atoms with Crippen molar-refractivity contribution in [3.05, 3.63) is 48.2 Å². The van der Waals surface area contributed by atoms with Crippen LogP contribution >= 0.6 is 0 Å². The number of hydrogen-bond donors (Lipinski definition) is 2. The van der Waals surface area contributed by atoms with Gasteiger partial charge in [0.25, 0.3) is 5.91 Å². The van der Waals surface area contributed by atoms with Crippen LogP contribution in [0.5, 0.6) is 5.75 Å². The molecule has 1 aliphatic rings. The number of nitrogens with one attached hydrogen (secondary N) is 1. The number of nitrogens with two attached hydrogens (primary N) is 1. The Bertz CT molecular complexity index is 1010. The number of carbonyl (C=O) groups excluding carboxylic acids is 2. The van der Waals surface area contributed by atoms with E-state index < -0.39 is 21.8 Å². The first-order chi connectivity index (χ1) is 13.8. The molecule has 0 unspecified atom stereocenters. The quantitative estimate of drug-likeness (QED) is 0.725. The molecule has 1 fully saturated rings. The third-order valence-electron chi connectivity index (χ3n) is 4.75. The van der Waals surface area contributed by atoms with Crippen LogP contribution in [0.2, 0.25) is 0 Å². The van der Waals surface area contributed by atoms with E-state index in [1.54, 1.807) is 24.4 Å². The van der Waals surface area contributed by atoms with Gasteiger partial charge in [0.15, 0.2) is 0 Å². The molecule has 1 aliphatic heterocycles. The van der Waals surface area contributed by atoms with Gasteiger partial charge in [0.2, 0.25) is 15.9 Å². The predicted octanol–water partition coefficient (Wildman–Crippen LogP) is 1.23. The molecule has 9 nitrogen and oxygen atoms in total. The Morgan fingerprint density at radius 3 is 2.72 bits per heavy atom. The van der Waals surface area contributed by atoms with Crippen molar-refractivity contribution in [3.8, 4) is 5.75 Å². The van der Waals surface area contributed by atoms with Crippen LogP contribution in [0.4, 0.5) is 5.82 Å². The predicted molar refractivity (Wildman–Crippen MR) is 106 cm³/mol. The van der Waals surface area contributed by atoms with Crippen molar-refractivity contribution in [1.82, 2.24) is 9.29 Å². The molecule has 0 bridgehead atoms. The van der Waals surface area contributed by atoms with Gasteiger partial charge in [-0.15, -0.1) is 0 Å². The molecule has 2 aromatic rings. The molecule has 2 amide bonds. The summed E-state index contributed by atoms with van der Waals surface area (Å²) < 4.78 is 32.5. The summed E-state index contributed by atoms with van der Waals surface area (Å²) in [5, 5.41) is 2.71. The third-order valence-corrected chi connectivity index (χ3v) is 6.61. The van der Waals surface area contributed by atoms with Crippen LogP contribution in [-0.2, 0) is 14.8 Å². The van der Waals surface area contributed by atoms with E-state index in [9.17, 15) is 18.0 Å². The number of hydrogen-bond acceptors (Lipinski definition) is 6. The molecular weight excluding hydrogens is 396 g/mol. The van der Waals surface area contributed by atoms with Gasteiger partial charge in [-0.2, -0.15) is 4.31 Å². The highest BCUT2D eigenvalue weighted by atomic mass is 32.2. The maximum atomic E-state index is 13.1. The molecule has 0 aliphatic carbocycles. The summed E-state index contributed by atoms with van der Waals surface area (Å²) >= 11 is 0. The lowest BCUT2D eigenvalue weighted by Crippen LogP contribution is -2.43. The Balaban J connectivity index is 1.79. The van der Waals surface area contributed by atoms with E-state index in [0.29, 0.717) is 18.7 Å². The molecule has 3 N–H and O–H groups in total. The number of amides is 2. The normalized spacial score (nSPS) is 17.5. The number of rotatable bonds is 6. The van der Waals surface area contributed by atoms with Gasteiger partial charge < -0.3 is 15.8 Å². The molecule has 1 aromatic heterocycles. The Morgan fingerprint density at radius 2 is 2.07 bits per heavy atom. The zero-order valence-electron chi connectivity index (χ0n) is 15.9. The molecule has 0 spiro atoms. The molecule has 1 atom stereocenters. The SMILES string of the molecule is COc1ccc(S(=O)(=O)N2CCC[C@@H](C(=O)Nc3ccccn3)C2)cc1C(N)=O. The van der Waals surface area contributed by atoms with Gasteiger partial charge in [0, 0.05) is 19.3 Å². The number of piperidine rings is 1. The van der Waals surface area contributed by atoms with Crippen LogP contribution in [-0.4, -0.2) is 49.7 Å². The first-order valence-corrected chi connectivity index (χ1v) is 10.5. The van der Waals surface area contributed by atoms with Gasteiger partial charge in [-0.05, 0) is 43.2 Å². The topological polar surface area (TPSA) is 132 Å². The largest absolute Gasteiger partial charge is 0.496 e. The number of pyridine rings is 1. The molecule has 29 heavy (non-hydrogen) atoms. The van der Waals surface area contributed by atoms with Crippen LogP contribution in [0, 0.1) is 5.92 Å². The summed E-state index contributed by atoms with van der Waals surface area (Å²) in [6.07, 6.45) is 2.67. The second-order valence-electron chi connectivity index (χ2n) is 6.63. The van der Waals surface area contributed by atoms with Gasteiger partial charge in [0.05, 0.1) is 23.5 Å². The van der Waals surface area contributed by atoms with Crippen LogP contribution in [0.15, 0.2) is 47.5 Å². The zero-order valence-corrected chi connectivity index (χ0v) is 16.7. The molecule has 3 rings (SSSR count). The van der Waals surface area contributed by atoms with E-state index in [0.717, 1.165) is 0 Å². The summed E-state index contributed by atoms with van der Waals surface area (Å²) in [5.74, 6) is -0.961. The fourth-order valence-corrected chi connectivity index (χ4v) is 4.78. The number of benzene rings is 1. The van der Waals surface area contributed by atoms with Crippen LogP contribution in [0.3, 0.4) is 0 Å².